The van der Waals surface area contributed by atoms with Crippen LogP contribution in [0.2, 0.25) is 0 Å². The van der Waals surface area contributed by atoms with Crippen molar-refractivity contribution >= 4 is 11.6 Å². The number of nitrogens with two attached hydrogens (primary N) is 1. The third-order valence-electron chi connectivity index (χ3n) is 2.79. The van der Waals surface area contributed by atoms with Crippen LogP contribution < -0.4 is 21.5 Å². The van der Waals surface area contributed by atoms with Crippen molar-refractivity contribution < 1.29 is 0 Å². The Morgan fingerprint density at radius 1 is 1.32 bits per heavy atom. The number of nitrogens with one attached hydrogen (secondary N) is 2. The highest BCUT2D eigenvalue weighted by molar-refractivity contribution is 5.79. The number of aliphatic imine (C=N–C) groups is 1. The van der Waals surface area contributed by atoms with E-state index in [1.807, 2.05) is 6.07 Å². The third kappa shape index (κ3) is 6.10. The predicted molar refractivity (Wildman–Crippen MR) is 82.2 cm³/mol. The number of guanidine groups is 1. The molecule has 0 aliphatic carbocycles. The van der Waals surface area contributed by atoms with E-state index >= 15 is 0 Å². The van der Waals surface area contributed by atoms with Crippen molar-refractivity contribution in [3.63, 3.8) is 0 Å². The molecule has 1 aromatic rings. The smallest absolute Gasteiger partial charge is 0.205 e. The van der Waals surface area contributed by atoms with Gasteiger partial charge in [-0.15, -0.1) is 0 Å². The standard InChI is InChI=1S/C14H25N5/c1-3-10-16-14(18-15)17-11-7-12-19(2)13-8-5-4-6-9-13/h4-6,8-9H,3,7,10-12,15H2,1-2H3,(H2,16,17,18). The van der Waals surface area contributed by atoms with Gasteiger partial charge in [0.1, 0.15) is 0 Å². The molecule has 0 radical (unpaired) electrons. The lowest BCUT2D eigenvalue weighted by Crippen LogP contribution is -2.42. The molecule has 0 saturated carbocycles. The Kier molecular flexibility index (Phi) is 7.43. The summed E-state index contributed by atoms with van der Waals surface area (Å²) in [7, 11) is 2.10. The summed E-state index contributed by atoms with van der Waals surface area (Å²) in [6.07, 6.45) is 2.04. The van der Waals surface area contributed by atoms with Crippen LogP contribution in [0.25, 0.3) is 0 Å². The van der Waals surface area contributed by atoms with Crippen LogP contribution in [0.5, 0.6) is 0 Å². The summed E-state index contributed by atoms with van der Waals surface area (Å²) >= 11 is 0. The van der Waals surface area contributed by atoms with Gasteiger partial charge in [-0.3, -0.25) is 10.4 Å². The first-order chi connectivity index (χ1) is 9.27. The molecular weight excluding hydrogens is 238 g/mol. The number of rotatable bonds is 7. The molecule has 0 atom stereocenters. The number of benzene rings is 1. The van der Waals surface area contributed by atoms with Crippen LogP contribution in [0, 0.1) is 0 Å². The van der Waals surface area contributed by atoms with Gasteiger partial charge in [0.05, 0.1) is 0 Å². The Morgan fingerprint density at radius 3 is 2.68 bits per heavy atom. The summed E-state index contributed by atoms with van der Waals surface area (Å²) in [5.74, 6) is 6.06. The maximum Gasteiger partial charge on any atom is 0.205 e. The molecule has 0 bridgehead atoms. The molecule has 0 aliphatic heterocycles. The molecular formula is C14H25N5. The minimum Gasteiger partial charge on any atom is -0.375 e. The maximum absolute atomic E-state index is 5.39. The number of hydrazine groups is 1. The summed E-state index contributed by atoms with van der Waals surface area (Å²) in [5, 5.41) is 3.20. The van der Waals surface area contributed by atoms with Gasteiger partial charge in [-0.2, -0.15) is 0 Å². The lowest BCUT2D eigenvalue weighted by Gasteiger charge is -2.19. The monoisotopic (exact) mass is 263 g/mol. The Balaban J connectivity index is 2.23. The van der Waals surface area contributed by atoms with Gasteiger partial charge in [0, 0.05) is 32.4 Å². The highest BCUT2D eigenvalue weighted by Gasteiger charge is 1.99. The van der Waals surface area contributed by atoms with Crippen molar-refractivity contribution in [2.75, 3.05) is 31.6 Å². The lowest BCUT2D eigenvalue weighted by molar-refractivity contribution is 0.731. The maximum atomic E-state index is 5.39. The van der Waals surface area contributed by atoms with Gasteiger partial charge >= 0.3 is 0 Å². The molecule has 5 heteroatoms. The van der Waals surface area contributed by atoms with Crippen LogP contribution in [-0.4, -0.2) is 32.6 Å². The van der Waals surface area contributed by atoms with Gasteiger partial charge in [-0.25, -0.2) is 5.84 Å². The van der Waals surface area contributed by atoms with Crippen LogP contribution in [0.1, 0.15) is 19.8 Å². The summed E-state index contributed by atoms with van der Waals surface area (Å²) in [5.41, 5.74) is 3.82. The van der Waals surface area contributed by atoms with Gasteiger partial charge < -0.3 is 10.2 Å². The number of anilines is 1. The predicted octanol–water partition coefficient (Wildman–Crippen LogP) is 1.33. The highest BCUT2D eigenvalue weighted by Crippen LogP contribution is 2.10. The molecule has 4 N–H and O–H groups in total. The minimum absolute atomic E-state index is 0.671. The average molecular weight is 263 g/mol. The van der Waals surface area contributed by atoms with Crippen LogP contribution >= 0.6 is 0 Å². The Labute approximate surface area is 115 Å². The van der Waals surface area contributed by atoms with E-state index in [2.05, 4.69) is 58.9 Å². The first-order valence-corrected chi connectivity index (χ1v) is 6.79. The lowest BCUT2D eigenvalue weighted by atomic mass is 10.3. The van der Waals surface area contributed by atoms with Crippen molar-refractivity contribution in [1.29, 1.82) is 0 Å². The zero-order valence-corrected chi connectivity index (χ0v) is 11.9. The second kappa shape index (κ2) is 9.22. The van der Waals surface area contributed by atoms with Crippen LogP contribution in [0.4, 0.5) is 5.69 Å². The molecule has 0 spiro atoms. The molecule has 0 amide bonds. The molecule has 0 saturated heterocycles. The van der Waals surface area contributed by atoms with E-state index in [0.717, 1.165) is 32.5 Å². The Bertz CT molecular complexity index is 363. The summed E-state index contributed by atoms with van der Waals surface area (Å²) in [6, 6.07) is 10.4. The molecule has 1 aromatic carbocycles. The molecule has 0 fully saturated rings. The summed E-state index contributed by atoms with van der Waals surface area (Å²) in [4.78, 5) is 6.53. The minimum atomic E-state index is 0.671. The van der Waals surface area contributed by atoms with E-state index in [9.17, 15) is 0 Å². The van der Waals surface area contributed by atoms with Crippen molar-refractivity contribution in [2.45, 2.75) is 19.8 Å². The van der Waals surface area contributed by atoms with E-state index in [1.54, 1.807) is 0 Å². The van der Waals surface area contributed by atoms with Crippen LogP contribution in [0.3, 0.4) is 0 Å². The second-order valence-corrected chi connectivity index (χ2v) is 4.41. The topological polar surface area (TPSA) is 65.7 Å². The Morgan fingerprint density at radius 2 is 2.05 bits per heavy atom. The van der Waals surface area contributed by atoms with E-state index < -0.39 is 0 Å². The number of hydrogen-bond donors (Lipinski definition) is 3. The number of hydrogen-bond acceptors (Lipinski definition) is 3. The van der Waals surface area contributed by atoms with E-state index in [0.29, 0.717) is 5.96 Å². The van der Waals surface area contributed by atoms with Gasteiger partial charge in [-0.05, 0) is 25.0 Å². The van der Waals surface area contributed by atoms with Crippen molar-refractivity contribution in [3.05, 3.63) is 30.3 Å². The quantitative estimate of drug-likeness (QED) is 0.228. The fourth-order valence-electron chi connectivity index (χ4n) is 1.71. The largest absolute Gasteiger partial charge is 0.375 e. The van der Waals surface area contributed by atoms with Crippen molar-refractivity contribution in [2.24, 2.45) is 10.8 Å². The molecule has 5 nitrogen and oxygen atoms in total. The Hall–Kier alpha value is -1.75. The molecule has 0 unspecified atom stereocenters. The van der Waals surface area contributed by atoms with Crippen molar-refractivity contribution in [1.82, 2.24) is 10.7 Å². The van der Waals surface area contributed by atoms with Gasteiger partial charge in [0.25, 0.3) is 0 Å². The number of para-hydroxylation sites is 1. The zero-order valence-electron chi connectivity index (χ0n) is 11.9. The van der Waals surface area contributed by atoms with Crippen molar-refractivity contribution in [3.8, 4) is 0 Å². The molecule has 0 heterocycles. The average Bonchev–Trinajstić information content (AvgIpc) is 2.47. The van der Waals surface area contributed by atoms with Gasteiger partial charge in [0.15, 0.2) is 0 Å². The third-order valence-corrected chi connectivity index (χ3v) is 2.79. The van der Waals surface area contributed by atoms with Crippen LogP contribution in [-0.2, 0) is 0 Å². The fraction of sp³-hybridized carbons (Fsp3) is 0.500. The van der Waals surface area contributed by atoms with Gasteiger partial charge in [-0.1, -0.05) is 25.1 Å². The highest BCUT2D eigenvalue weighted by atomic mass is 15.3. The zero-order chi connectivity index (χ0) is 13.9. The molecule has 1 rings (SSSR count). The summed E-state index contributed by atoms with van der Waals surface area (Å²) in [6.45, 7) is 4.72. The second-order valence-electron chi connectivity index (χ2n) is 4.41. The fourth-order valence-corrected chi connectivity index (χ4v) is 1.71. The first-order valence-electron chi connectivity index (χ1n) is 6.79. The molecule has 0 aliphatic rings. The van der Waals surface area contributed by atoms with E-state index in [4.69, 9.17) is 5.84 Å². The van der Waals surface area contributed by atoms with E-state index in [-0.39, 0.29) is 0 Å². The molecule has 106 valence electrons. The van der Waals surface area contributed by atoms with E-state index in [1.165, 1.54) is 5.69 Å². The number of nitrogens with zero attached hydrogens (tertiary/aromatic N) is 2. The van der Waals surface area contributed by atoms with Crippen LogP contribution in [0.15, 0.2) is 35.3 Å². The first kappa shape index (κ1) is 15.3. The SMILES string of the molecule is CCCN=C(NN)NCCCN(C)c1ccccc1. The summed E-state index contributed by atoms with van der Waals surface area (Å²) < 4.78 is 0. The molecule has 19 heavy (non-hydrogen) atoms. The normalized spacial score (nSPS) is 11.2. The molecule has 0 aromatic heterocycles. The van der Waals surface area contributed by atoms with Gasteiger partial charge in [0.2, 0.25) is 5.96 Å².